The summed E-state index contributed by atoms with van der Waals surface area (Å²) in [6.07, 6.45) is 4.95. The van der Waals surface area contributed by atoms with E-state index in [0.717, 1.165) is 61.6 Å². The van der Waals surface area contributed by atoms with Crippen LogP contribution in [0.15, 0.2) is 47.3 Å². The average Bonchev–Trinajstić information content (AvgIpc) is 3.49. The van der Waals surface area contributed by atoms with Gasteiger partial charge in [-0.2, -0.15) is 5.10 Å². The molecule has 1 amide bonds. The number of aromatic nitrogens is 4. The van der Waals surface area contributed by atoms with Gasteiger partial charge in [0.05, 0.1) is 30.9 Å². The molecule has 3 aromatic heterocycles. The van der Waals surface area contributed by atoms with Crippen LogP contribution in [-0.2, 0) is 16.9 Å². The summed E-state index contributed by atoms with van der Waals surface area (Å²) in [5, 5.41) is 19.3. The molecule has 1 aliphatic rings. The quantitative estimate of drug-likeness (QED) is 0.405. The van der Waals surface area contributed by atoms with E-state index in [0.29, 0.717) is 17.1 Å². The summed E-state index contributed by atoms with van der Waals surface area (Å²) in [7, 11) is 0. The van der Waals surface area contributed by atoms with Crippen LogP contribution in [0.2, 0.25) is 0 Å². The Morgan fingerprint density at radius 3 is 2.75 bits per heavy atom. The van der Waals surface area contributed by atoms with Gasteiger partial charge >= 0.3 is 0 Å². The second-order valence-electron chi connectivity index (χ2n) is 9.54. The normalized spacial score (nSPS) is 14.9. The third-order valence-electron chi connectivity index (χ3n) is 6.23. The number of benzene rings is 1. The van der Waals surface area contributed by atoms with Crippen molar-refractivity contribution >= 4 is 22.5 Å². The lowest BCUT2D eigenvalue weighted by atomic mass is 9.95. The van der Waals surface area contributed by atoms with Gasteiger partial charge in [0.2, 0.25) is 5.89 Å². The molecule has 36 heavy (non-hydrogen) atoms. The Balaban J connectivity index is 1.38. The SMILES string of the molecule is Cc1cc(-c2nc(C(=O)Nc3cc4cn(CCN5CCOCC5)nc4cc3C(C)(C)O)co2)ccn1. The van der Waals surface area contributed by atoms with E-state index >= 15 is 0 Å². The number of hydrogen-bond acceptors (Lipinski definition) is 8. The predicted octanol–water partition coefficient (Wildman–Crippen LogP) is 3.21. The van der Waals surface area contributed by atoms with E-state index in [1.54, 1.807) is 26.1 Å². The summed E-state index contributed by atoms with van der Waals surface area (Å²) in [6.45, 7) is 10.2. The molecule has 1 fully saturated rings. The molecular formula is C26H30N6O4. The number of nitrogens with one attached hydrogen (secondary N) is 1. The molecule has 0 unspecified atom stereocenters. The summed E-state index contributed by atoms with van der Waals surface area (Å²) in [5.74, 6) is -0.0919. The minimum absolute atomic E-state index is 0.141. The number of morpholine rings is 1. The van der Waals surface area contributed by atoms with Crippen LogP contribution in [0.4, 0.5) is 5.69 Å². The molecule has 4 heterocycles. The van der Waals surface area contributed by atoms with Gasteiger partial charge in [-0.05, 0) is 45.0 Å². The largest absolute Gasteiger partial charge is 0.444 e. The molecule has 0 radical (unpaired) electrons. The van der Waals surface area contributed by atoms with Crippen LogP contribution < -0.4 is 5.32 Å². The maximum Gasteiger partial charge on any atom is 0.277 e. The first kappa shape index (κ1) is 24.1. The van der Waals surface area contributed by atoms with E-state index < -0.39 is 11.5 Å². The Labute approximate surface area is 208 Å². The number of oxazole rings is 1. The van der Waals surface area contributed by atoms with Gasteiger partial charge in [-0.1, -0.05) is 0 Å². The van der Waals surface area contributed by atoms with Crippen LogP contribution in [0.5, 0.6) is 0 Å². The second-order valence-corrected chi connectivity index (χ2v) is 9.54. The smallest absolute Gasteiger partial charge is 0.277 e. The van der Waals surface area contributed by atoms with Gasteiger partial charge in [0.15, 0.2) is 5.69 Å². The Kier molecular flexibility index (Phi) is 6.57. The monoisotopic (exact) mass is 490 g/mol. The maximum atomic E-state index is 13.1. The van der Waals surface area contributed by atoms with Gasteiger partial charge in [0.1, 0.15) is 6.26 Å². The molecule has 0 bridgehead atoms. The van der Waals surface area contributed by atoms with Crippen molar-refractivity contribution in [2.45, 2.75) is 32.9 Å². The van der Waals surface area contributed by atoms with Gasteiger partial charge in [-0.3, -0.25) is 19.4 Å². The van der Waals surface area contributed by atoms with E-state index in [-0.39, 0.29) is 5.69 Å². The molecule has 0 spiro atoms. The highest BCUT2D eigenvalue weighted by Gasteiger charge is 2.24. The molecular weight excluding hydrogens is 460 g/mol. The van der Waals surface area contributed by atoms with Crippen LogP contribution >= 0.6 is 0 Å². The van der Waals surface area contributed by atoms with Crippen molar-refractivity contribution in [3.8, 4) is 11.5 Å². The summed E-state index contributed by atoms with van der Waals surface area (Å²) in [5.41, 5.74) is 2.33. The molecule has 188 valence electrons. The molecule has 2 N–H and O–H groups in total. The standard InChI is InChI=1S/C26H30N6O4/c1-17-12-18(4-5-27-17)25-29-23(16-36-25)24(33)28-22-13-19-15-32(7-6-31-8-10-35-11-9-31)30-21(19)14-20(22)26(2,3)34/h4-5,12-16,34H,6-11H2,1-3H3,(H,28,33). The summed E-state index contributed by atoms with van der Waals surface area (Å²) in [4.78, 5) is 23.9. The lowest BCUT2D eigenvalue weighted by Gasteiger charge is -2.26. The summed E-state index contributed by atoms with van der Waals surface area (Å²) >= 11 is 0. The van der Waals surface area contributed by atoms with Crippen LogP contribution in [-0.4, -0.2) is 68.5 Å². The second kappa shape index (κ2) is 9.81. The third-order valence-corrected chi connectivity index (χ3v) is 6.23. The Hall–Kier alpha value is -3.60. The third kappa shape index (κ3) is 5.30. The number of carbonyl (C=O) groups is 1. The van der Waals surface area contributed by atoms with Gasteiger partial charge < -0.3 is 19.6 Å². The fourth-order valence-corrected chi connectivity index (χ4v) is 4.29. The van der Waals surface area contributed by atoms with E-state index in [1.165, 1.54) is 6.26 Å². The number of carbonyl (C=O) groups excluding carboxylic acids is 1. The minimum Gasteiger partial charge on any atom is -0.444 e. The number of hydrogen-bond donors (Lipinski definition) is 2. The highest BCUT2D eigenvalue weighted by molar-refractivity contribution is 6.04. The van der Waals surface area contributed by atoms with E-state index in [4.69, 9.17) is 14.3 Å². The zero-order valence-electron chi connectivity index (χ0n) is 20.7. The molecule has 1 aromatic carbocycles. The van der Waals surface area contributed by atoms with Crippen LogP contribution in [0.1, 0.15) is 35.6 Å². The van der Waals surface area contributed by atoms with Crippen molar-refractivity contribution in [1.82, 2.24) is 24.6 Å². The van der Waals surface area contributed by atoms with E-state index in [1.807, 2.05) is 36.0 Å². The van der Waals surface area contributed by atoms with Crippen LogP contribution in [0, 0.1) is 6.92 Å². The molecule has 0 aliphatic carbocycles. The number of fused-ring (bicyclic) bond motifs is 1. The van der Waals surface area contributed by atoms with E-state index in [9.17, 15) is 9.90 Å². The molecule has 0 atom stereocenters. The van der Waals surface area contributed by atoms with Gasteiger partial charge in [-0.15, -0.1) is 0 Å². The summed E-state index contributed by atoms with van der Waals surface area (Å²) < 4.78 is 12.9. The van der Waals surface area contributed by atoms with Crippen LogP contribution in [0.3, 0.4) is 0 Å². The fourth-order valence-electron chi connectivity index (χ4n) is 4.29. The number of amides is 1. The van der Waals surface area contributed by atoms with Crippen LogP contribution in [0.25, 0.3) is 22.4 Å². The Morgan fingerprint density at radius 2 is 2.00 bits per heavy atom. The number of anilines is 1. The maximum absolute atomic E-state index is 13.1. The zero-order valence-corrected chi connectivity index (χ0v) is 20.7. The van der Waals surface area contributed by atoms with Crippen molar-refractivity contribution < 1.29 is 19.1 Å². The minimum atomic E-state index is -1.20. The number of aryl methyl sites for hydroxylation is 1. The van der Waals surface area contributed by atoms with Gasteiger partial charge in [0, 0.05) is 59.9 Å². The number of aliphatic hydroxyl groups is 1. The Morgan fingerprint density at radius 1 is 1.19 bits per heavy atom. The van der Waals surface area contributed by atoms with Crippen molar-refractivity contribution in [2.24, 2.45) is 0 Å². The first-order chi connectivity index (χ1) is 17.3. The van der Waals surface area contributed by atoms with Crippen molar-refractivity contribution in [1.29, 1.82) is 0 Å². The number of pyridine rings is 1. The molecule has 1 saturated heterocycles. The lowest BCUT2D eigenvalue weighted by molar-refractivity contribution is 0.0360. The lowest BCUT2D eigenvalue weighted by Crippen LogP contribution is -2.38. The number of rotatable bonds is 7. The van der Waals surface area contributed by atoms with Crippen molar-refractivity contribution in [2.75, 3.05) is 38.2 Å². The molecule has 4 aromatic rings. The average molecular weight is 491 g/mol. The highest BCUT2D eigenvalue weighted by atomic mass is 16.5. The number of nitrogens with zero attached hydrogens (tertiary/aromatic N) is 5. The zero-order chi connectivity index (χ0) is 25.3. The predicted molar refractivity (Wildman–Crippen MR) is 135 cm³/mol. The van der Waals surface area contributed by atoms with Crippen molar-refractivity contribution in [3.05, 3.63) is 59.9 Å². The first-order valence-corrected chi connectivity index (χ1v) is 12.0. The first-order valence-electron chi connectivity index (χ1n) is 12.0. The van der Waals surface area contributed by atoms with Gasteiger partial charge in [0.25, 0.3) is 5.91 Å². The molecule has 0 saturated carbocycles. The Bertz CT molecular complexity index is 1380. The topological polar surface area (TPSA) is 119 Å². The fraction of sp³-hybridized carbons (Fsp3) is 0.385. The molecule has 10 heteroatoms. The highest BCUT2D eigenvalue weighted by Crippen LogP contribution is 2.32. The molecule has 1 aliphatic heterocycles. The van der Waals surface area contributed by atoms with Crippen molar-refractivity contribution in [3.63, 3.8) is 0 Å². The molecule has 5 rings (SSSR count). The van der Waals surface area contributed by atoms with Gasteiger partial charge in [-0.25, -0.2) is 4.98 Å². The summed E-state index contributed by atoms with van der Waals surface area (Å²) in [6, 6.07) is 7.28. The number of ether oxygens (including phenoxy) is 1. The molecule has 10 nitrogen and oxygen atoms in total. The van der Waals surface area contributed by atoms with E-state index in [2.05, 4.69) is 20.2 Å².